The van der Waals surface area contributed by atoms with Crippen LogP contribution in [0.15, 0.2) is 23.3 Å². The van der Waals surface area contributed by atoms with Crippen molar-refractivity contribution in [3.63, 3.8) is 0 Å². The van der Waals surface area contributed by atoms with Crippen molar-refractivity contribution >= 4 is 41.3 Å². The first-order chi connectivity index (χ1) is 12.0. The van der Waals surface area contributed by atoms with Crippen LogP contribution in [0, 0.1) is 10.1 Å². The summed E-state index contributed by atoms with van der Waals surface area (Å²) < 4.78 is 0. The fourth-order valence-electron chi connectivity index (χ4n) is 1.81. The summed E-state index contributed by atoms with van der Waals surface area (Å²) in [6.45, 7) is 5.17. The highest BCUT2D eigenvalue weighted by molar-refractivity contribution is 6.32. The summed E-state index contributed by atoms with van der Waals surface area (Å²) in [4.78, 5) is 22.9. The van der Waals surface area contributed by atoms with Crippen LogP contribution in [-0.2, 0) is 0 Å². The predicted octanol–water partition coefficient (Wildman–Crippen LogP) is 2.74. The first kappa shape index (κ1) is 18.3. The van der Waals surface area contributed by atoms with Crippen LogP contribution in [0.1, 0.15) is 19.4 Å². The maximum Gasteiger partial charge on any atom is 0.288 e. The Balaban J connectivity index is 2.15. The van der Waals surface area contributed by atoms with Gasteiger partial charge in [-0.1, -0.05) is 17.7 Å². The van der Waals surface area contributed by atoms with Gasteiger partial charge >= 0.3 is 0 Å². The molecule has 0 radical (unpaired) electrons. The van der Waals surface area contributed by atoms with Crippen LogP contribution in [0.5, 0.6) is 0 Å². The number of nitrogens with one attached hydrogen (secondary N) is 3. The van der Waals surface area contributed by atoms with Crippen molar-refractivity contribution in [3.05, 3.63) is 38.9 Å². The Kier molecular flexibility index (Phi) is 6.40. The van der Waals surface area contributed by atoms with Crippen molar-refractivity contribution in [2.45, 2.75) is 13.8 Å². The van der Waals surface area contributed by atoms with Gasteiger partial charge in [-0.25, -0.2) is 5.43 Å². The summed E-state index contributed by atoms with van der Waals surface area (Å²) in [7, 11) is 0. The smallest absolute Gasteiger partial charge is 0.288 e. The average Bonchev–Trinajstić information content (AvgIpc) is 2.56. The predicted molar refractivity (Wildman–Crippen MR) is 97.5 cm³/mol. The van der Waals surface area contributed by atoms with E-state index in [1.54, 1.807) is 6.07 Å². The van der Waals surface area contributed by atoms with Gasteiger partial charge in [0.25, 0.3) is 5.69 Å². The van der Waals surface area contributed by atoms with Crippen molar-refractivity contribution in [2.24, 2.45) is 5.10 Å². The third kappa shape index (κ3) is 5.24. The molecule has 0 spiro atoms. The second-order valence-corrected chi connectivity index (χ2v) is 5.11. The van der Waals surface area contributed by atoms with Crippen LogP contribution < -0.4 is 16.1 Å². The molecule has 2 rings (SSSR count). The molecular weight excluding hydrogens is 348 g/mol. The van der Waals surface area contributed by atoms with Gasteiger partial charge in [-0.05, 0) is 19.9 Å². The number of anilines is 3. The lowest BCUT2D eigenvalue weighted by molar-refractivity contribution is -0.384. The second kappa shape index (κ2) is 8.73. The van der Waals surface area contributed by atoms with E-state index in [0.29, 0.717) is 30.5 Å². The minimum atomic E-state index is -0.551. The van der Waals surface area contributed by atoms with Crippen LogP contribution in [0.2, 0.25) is 5.02 Å². The fraction of sp³-hybridized carbons (Fsp3) is 0.286. The highest BCUT2D eigenvalue weighted by Gasteiger charge is 2.11. The maximum atomic E-state index is 10.9. The van der Waals surface area contributed by atoms with E-state index in [4.69, 9.17) is 11.6 Å². The molecule has 2 aromatic rings. The third-order valence-electron chi connectivity index (χ3n) is 2.85. The summed E-state index contributed by atoms with van der Waals surface area (Å²) in [6.07, 6.45) is 1.41. The highest BCUT2D eigenvalue weighted by Crippen LogP contribution is 2.24. The number of nitrogens with zero attached hydrogens (tertiary/aromatic N) is 5. The average molecular weight is 365 g/mol. The van der Waals surface area contributed by atoms with E-state index in [9.17, 15) is 10.1 Å². The molecule has 25 heavy (non-hydrogen) atoms. The van der Waals surface area contributed by atoms with E-state index in [-0.39, 0.29) is 16.7 Å². The summed E-state index contributed by atoms with van der Waals surface area (Å²) in [5.74, 6) is 1.06. The Labute approximate surface area is 148 Å². The Morgan fingerprint density at radius 2 is 1.76 bits per heavy atom. The molecule has 0 saturated carbocycles. The van der Waals surface area contributed by atoms with Gasteiger partial charge in [-0.3, -0.25) is 10.1 Å². The largest absolute Gasteiger partial charge is 0.354 e. The van der Waals surface area contributed by atoms with E-state index in [1.807, 2.05) is 13.8 Å². The van der Waals surface area contributed by atoms with Gasteiger partial charge in [-0.15, -0.1) is 0 Å². The molecule has 0 unspecified atom stereocenters. The molecule has 11 heteroatoms. The molecule has 0 atom stereocenters. The van der Waals surface area contributed by atoms with Crippen LogP contribution in [0.3, 0.4) is 0 Å². The van der Waals surface area contributed by atoms with Crippen LogP contribution in [0.25, 0.3) is 0 Å². The molecule has 0 aliphatic carbocycles. The number of halogens is 1. The number of hydrogen-bond donors (Lipinski definition) is 3. The molecule has 1 aromatic heterocycles. The number of nitro groups is 1. The van der Waals surface area contributed by atoms with Crippen molar-refractivity contribution in [3.8, 4) is 0 Å². The maximum absolute atomic E-state index is 10.9. The van der Waals surface area contributed by atoms with Crippen molar-refractivity contribution in [2.75, 3.05) is 29.1 Å². The van der Waals surface area contributed by atoms with Crippen molar-refractivity contribution in [1.82, 2.24) is 15.0 Å². The van der Waals surface area contributed by atoms with Gasteiger partial charge in [0.15, 0.2) is 0 Å². The Bertz CT molecular complexity index is 759. The van der Waals surface area contributed by atoms with Gasteiger partial charge in [-0.2, -0.15) is 20.1 Å². The SMILES string of the molecule is CCNc1nc(NCC)nc(N/N=C/c2ccc(Cl)c([N+](=O)[O-])c2)n1. The molecule has 0 saturated heterocycles. The Morgan fingerprint density at radius 3 is 2.32 bits per heavy atom. The van der Waals surface area contributed by atoms with Gasteiger partial charge < -0.3 is 10.6 Å². The van der Waals surface area contributed by atoms with Crippen LogP contribution >= 0.6 is 11.6 Å². The van der Waals surface area contributed by atoms with Crippen LogP contribution in [-0.4, -0.2) is 39.2 Å². The molecule has 0 aliphatic rings. The molecule has 0 amide bonds. The minimum absolute atomic E-state index is 0.0677. The summed E-state index contributed by atoms with van der Waals surface area (Å²) in [6, 6.07) is 4.38. The zero-order chi connectivity index (χ0) is 18.2. The molecule has 1 aromatic carbocycles. The highest BCUT2D eigenvalue weighted by atomic mass is 35.5. The molecule has 132 valence electrons. The van der Waals surface area contributed by atoms with E-state index in [2.05, 4.69) is 36.1 Å². The number of hydrazone groups is 1. The number of nitro benzene ring substituents is 1. The summed E-state index contributed by atoms with van der Waals surface area (Å²) in [5, 5.41) is 20.9. The zero-order valence-corrected chi connectivity index (χ0v) is 14.4. The van der Waals surface area contributed by atoms with Gasteiger partial charge in [0.2, 0.25) is 17.8 Å². The van der Waals surface area contributed by atoms with E-state index >= 15 is 0 Å². The standard InChI is InChI=1S/C14H17ClN8O2/c1-3-16-12-19-13(17-4-2)21-14(20-12)22-18-8-9-5-6-10(15)11(7-9)23(24)25/h5-8H,3-4H2,1-2H3,(H3,16,17,19,20,21,22)/b18-8+. The van der Waals surface area contributed by atoms with Crippen molar-refractivity contribution in [1.29, 1.82) is 0 Å². The second-order valence-electron chi connectivity index (χ2n) is 4.70. The first-order valence-electron chi connectivity index (χ1n) is 7.50. The zero-order valence-electron chi connectivity index (χ0n) is 13.7. The number of rotatable bonds is 8. The lowest BCUT2D eigenvalue weighted by Crippen LogP contribution is -2.10. The number of aromatic nitrogens is 3. The van der Waals surface area contributed by atoms with E-state index in [1.165, 1.54) is 18.3 Å². The van der Waals surface area contributed by atoms with Crippen molar-refractivity contribution < 1.29 is 4.92 Å². The first-order valence-corrected chi connectivity index (χ1v) is 7.88. The molecule has 0 bridgehead atoms. The Morgan fingerprint density at radius 1 is 1.16 bits per heavy atom. The molecule has 1 heterocycles. The lowest BCUT2D eigenvalue weighted by Gasteiger charge is -2.07. The quantitative estimate of drug-likeness (QED) is 0.370. The lowest BCUT2D eigenvalue weighted by atomic mass is 10.2. The van der Waals surface area contributed by atoms with Gasteiger partial charge in [0.1, 0.15) is 5.02 Å². The molecule has 3 N–H and O–H groups in total. The molecule has 10 nitrogen and oxygen atoms in total. The van der Waals surface area contributed by atoms with Crippen LogP contribution in [0.4, 0.5) is 23.5 Å². The van der Waals surface area contributed by atoms with Gasteiger partial charge in [0, 0.05) is 24.7 Å². The summed E-state index contributed by atoms with van der Waals surface area (Å²) >= 11 is 5.77. The monoisotopic (exact) mass is 364 g/mol. The molecular formula is C14H17ClN8O2. The topological polar surface area (TPSA) is 130 Å². The third-order valence-corrected chi connectivity index (χ3v) is 3.17. The molecule has 0 aliphatic heterocycles. The summed E-state index contributed by atoms with van der Waals surface area (Å²) in [5.41, 5.74) is 3.00. The fourth-order valence-corrected chi connectivity index (χ4v) is 2.00. The number of benzene rings is 1. The number of hydrogen-bond acceptors (Lipinski definition) is 9. The molecule has 0 fully saturated rings. The normalized spacial score (nSPS) is 10.7. The van der Waals surface area contributed by atoms with Gasteiger partial charge in [0.05, 0.1) is 11.1 Å². The minimum Gasteiger partial charge on any atom is -0.354 e. The van der Waals surface area contributed by atoms with E-state index < -0.39 is 4.92 Å². The van der Waals surface area contributed by atoms with E-state index in [0.717, 1.165) is 0 Å². The Hall–Kier alpha value is -3.01.